The van der Waals surface area contributed by atoms with Crippen molar-refractivity contribution in [3.63, 3.8) is 0 Å². The molecule has 0 aromatic heterocycles. The number of hydrogen-bond acceptors (Lipinski definition) is 1. The summed E-state index contributed by atoms with van der Waals surface area (Å²) in [5.74, 6) is -0.914. The molecule has 2 nitrogen and oxygen atoms in total. The molecule has 0 unspecified atom stereocenters. The Morgan fingerprint density at radius 3 is 2.50 bits per heavy atom. The van der Waals surface area contributed by atoms with Crippen LogP contribution in [0.4, 0.5) is 0 Å². The molecule has 0 aromatic rings. The van der Waals surface area contributed by atoms with Gasteiger partial charge in [-0.25, -0.2) is 4.79 Å². The van der Waals surface area contributed by atoms with Gasteiger partial charge < -0.3 is 5.11 Å². The lowest BCUT2D eigenvalue weighted by molar-refractivity contribution is -0.132. The summed E-state index contributed by atoms with van der Waals surface area (Å²) in [7, 11) is 0. The molecule has 1 N–H and O–H groups in total. The normalized spacial score (nSPS) is 12.0. The van der Waals surface area contributed by atoms with E-state index >= 15 is 0 Å². The van der Waals surface area contributed by atoms with E-state index in [1.165, 1.54) is 0 Å². The van der Waals surface area contributed by atoms with Crippen LogP contribution in [0.25, 0.3) is 0 Å². The van der Waals surface area contributed by atoms with Crippen LogP contribution in [0.15, 0.2) is 36.0 Å². The van der Waals surface area contributed by atoms with Gasteiger partial charge in [-0.2, -0.15) is 0 Å². The quantitative estimate of drug-likeness (QED) is 0.514. The molecule has 0 atom stereocenters. The minimum atomic E-state index is -0.914. The minimum absolute atomic E-state index is 0.282. The number of carboxylic acids is 1. The SMILES string of the molecule is C=C(C=C(C=CC)C(=O)O)CC. The van der Waals surface area contributed by atoms with E-state index in [4.69, 9.17) is 5.11 Å². The second-order valence-corrected chi connectivity index (χ2v) is 2.42. The number of carboxylic acid groups (broad SMARTS) is 1. The fourth-order valence-electron chi connectivity index (χ4n) is 0.683. The van der Waals surface area contributed by atoms with E-state index in [9.17, 15) is 4.79 Å². The topological polar surface area (TPSA) is 37.3 Å². The second kappa shape index (κ2) is 5.35. The molecule has 0 fully saturated rings. The molecule has 0 aromatic carbocycles. The maximum Gasteiger partial charge on any atom is 0.335 e. The van der Waals surface area contributed by atoms with E-state index in [1.54, 1.807) is 25.2 Å². The summed E-state index contributed by atoms with van der Waals surface area (Å²) in [5.41, 5.74) is 1.11. The summed E-state index contributed by atoms with van der Waals surface area (Å²) in [4.78, 5) is 10.6. The molecule has 12 heavy (non-hydrogen) atoms. The van der Waals surface area contributed by atoms with Crippen molar-refractivity contribution in [1.82, 2.24) is 0 Å². The van der Waals surface area contributed by atoms with Gasteiger partial charge in [-0.1, -0.05) is 31.2 Å². The zero-order valence-corrected chi connectivity index (χ0v) is 7.50. The van der Waals surface area contributed by atoms with Crippen molar-refractivity contribution in [1.29, 1.82) is 0 Å². The Labute approximate surface area is 72.9 Å². The lowest BCUT2D eigenvalue weighted by atomic mass is 10.1. The van der Waals surface area contributed by atoms with E-state index < -0.39 is 5.97 Å². The highest BCUT2D eigenvalue weighted by atomic mass is 16.4. The van der Waals surface area contributed by atoms with Crippen LogP contribution in [0, 0.1) is 0 Å². The van der Waals surface area contributed by atoms with Crippen molar-refractivity contribution in [3.05, 3.63) is 36.0 Å². The third kappa shape index (κ3) is 3.76. The highest BCUT2D eigenvalue weighted by Crippen LogP contribution is 2.05. The summed E-state index contributed by atoms with van der Waals surface area (Å²) < 4.78 is 0. The van der Waals surface area contributed by atoms with E-state index in [2.05, 4.69) is 6.58 Å². The molecule has 0 amide bonds. The van der Waals surface area contributed by atoms with Crippen molar-refractivity contribution in [2.45, 2.75) is 20.3 Å². The standard InChI is InChI=1S/C10H14O2/c1-4-6-9(10(11)12)7-8(3)5-2/h4,6-7H,3,5H2,1-2H3,(H,11,12). The molecule has 2 heteroatoms. The Bertz CT molecular complexity index is 234. The number of carbonyl (C=O) groups is 1. The van der Waals surface area contributed by atoms with Gasteiger partial charge in [0, 0.05) is 0 Å². The van der Waals surface area contributed by atoms with E-state index in [-0.39, 0.29) is 5.57 Å². The third-order valence-corrected chi connectivity index (χ3v) is 1.41. The molecule has 0 aliphatic heterocycles. The maximum atomic E-state index is 10.6. The molecule has 0 rings (SSSR count). The Morgan fingerprint density at radius 2 is 2.17 bits per heavy atom. The van der Waals surface area contributed by atoms with Crippen LogP contribution in [0.2, 0.25) is 0 Å². The number of allylic oxidation sites excluding steroid dienone is 3. The maximum absolute atomic E-state index is 10.6. The fourth-order valence-corrected chi connectivity index (χ4v) is 0.683. The summed E-state index contributed by atoms with van der Waals surface area (Å²) in [6, 6.07) is 0. The summed E-state index contributed by atoms with van der Waals surface area (Å²) in [5, 5.41) is 8.69. The van der Waals surface area contributed by atoms with Crippen LogP contribution >= 0.6 is 0 Å². The zero-order valence-electron chi connectivity index (χ0n) is 7.50. The Kier molecular flexibility index (Phi) is 4.77. The predicted octanol–water partition coefficient (Wildman–Crippen LogP) is 2.54. The number of rotatable bonds is 4. The highest BCUT2D eigenvalue weighted by Gasteiger charge is 2.01. The van der Waals surface area contributed by atoms with Crippen LogP contribution in [0.3, 0.4) is 0 Å². The molecule has 0 radical (unpaired) electrons. The first-order valence-corrected chi connectivity index (χ1v) is 3.87. The van der Waals surface area contributed by atoms with Gasteiger partial charge in [0.25, 0.3) is 0 Å². The molecular weight excluding hydrogens is 152 g/mol. The van der Waals surface area contributed by atoms with Crippen molar-refractivity contribution >= 4 is 5.97 Å². The van der Waals surface area contributed by atoms with Gasteiger partial charge in [-0.3, -0.25) is 0 Å². The second-order valence-electron chi connectivity index (χ2n) is 2.42. The predicted molar refractivity (Wildman–Crippen MR) is 50.0 cm³/mol. The average Bonchev–Trinajstić information content (AvgIpc) is 2.03. The molecule has 0 saturated heterocycles. The lowest BCUT2D eigenvalue weighted by Crippen LogP contribution is -1.97. The minimum Gasteiger partial charge on any atom is -0.478 e. The Morgan fingerprint density at radius 1 is 1.58 bits per heavy atom. The third-order valence-electron chi connectivity index (χ3n) is 1.41. The molecule has 0 saturated carbocycles. The van der Waals surface area contributed by atoms with Crippen LogP contribution in [0.5, 0.6) is 0 Å². The van der Waals surface area contributed by atoms with Gasteiger partial charge in [0.05, 0.1) is 5.57 Å². The van der Waals surface area contributed by atoms with Gasteiger partial charge >= 0.3 is 5.97 Å². The van der Waals surface area contributed by atoms with Gasteiger partial charge in [0.15, 0.2) is 0 Å². The zero-order chi connectivity index (χ0) is 9.56. The molecular formula is C10H14O2. The molecule has 0 aliphatic rings. The molecule has 66 valence electrons. The van der Waals surface area contributed by atoms with E-state index in [1.807, 2.05) is 6.92 Å². The first-order chi connectivity index (χ1) is 5.61. The molecule has 0 aliphatic carbocycles. The average molecular weight is 166 g/mol. The van der Waals surface area contributed by atoms with Crippen molar-refractivity contribution in [2.75, 3.05) is 0 Å². The van der Waals surface area contributed by atoms with Gasteiger partial charge in [-0.05, 0) is 19.4 Å². The van der Waals surface area contributed by atoms with Gasteiger partial charge in [0.2, 0.25) is 0 Å². The fraction of sp³-hybridized carbons (Fsp3) is 0.300. The molecule has 0 spiro atoms. The Hall–Kier alpha value is -1.31. The van der Waals surface area contributed by atoms with Gasteiger partial charge in [0.1, 0.15) is 0 Å². The number of hydrogen-bond donors (Lipinski definition) is 1. The van der Waals surface area contributed by atoms with Gasteiger partial charge in [-0.15, -0.1) is 0 Å². The number of aliphatic carboxylic acids is 1. The Balaban J connectivity index is 4.61. The molecule has 0 bridgehead atoms. The van der Waals surface area contributed by atoms with Crippen LogP contribution in [0.1, 0.15) is 20.3 Å². The van der Waals surface area contributed by atoms with Crippen LogP contribution in [-0.2, 0) is 4.79 Å². The smallest absolute Gasteiger partial charge is 0.335 e. The monoisotopic (exact) mass is 166 g/mol. The first-order valence-electron chi connectivity index (χ1n) is 3.87. The summed E-state index contributed by atoms with van der Waals surface area (Å²) in [6.45, 7) is 7.43. The summed E-state index contributed by atoms with van der Waals surface area (Å²) in [6.07, 6.45) is 5.61. The highest BCUT2D eigenvalue weighted by molar-refractivity contribution is 5.90. The molecule has 0 heterocycles. The van der Waals surface area contributed by atoms with E-state index in [0.717, 1.165) is 12.0 Å². The van der Waals surface area contributed by atoms with Crippen molar-refractivity contribution in [2.24, 2.45) is 0 Å². The summed E-state index contributed by atoms with van der Waals surface area (Å²) >= 11 is 0. The van der Waals surface area contributed by atoms with Crippen LogP contribution in [-0.4, -0.2) is 11.1 Å². The van der Waals surface area contributed by atoms with Crippen molar-refractivity contribution < 1.29 is 9.90 Å². The lowest BCUT2D eigenvalue weighted by Gasteiger charge is -1.96. The largest absolute Gasteiger partial charge is 0.478 e. The van der Waals surface area contributed by atoms with E-state index in [0.29, 0.717) is 0 Å². The van der Waals surface area contributed by atoms with Crippen LogP contribution < -0.4 is 0 Å². The first kappa shape index (κ1) is 10.7. The van der Waals surface area contributed by atoms with Crippen molar-refractivity contribution in [3.8, 4) is 0 Å².